The van der Waals surface area contributed by atoms with E-state index >= 15 is 0 Å². The van der Waals surface area contributed by atoms with Crippen molar-refractivity contribution in [1.82, 2.24) is 9.55 Å². The second kappa shape index (κ2) is 7.69. The molecule has 0 radical (unpaired) electrons. The highest BCUT2D eigenvalue weighted by molar-refractivity contribution is 7.98. The fourth-order valence-corrected chi connectivity index (χ4v) is 3.33. The van der Waals surface area contributed by atoms with Gasteiger partial charge >= 0.3 is 0 Å². The Morgan fingerprint density at radius 1 is 1.08 bits per heavy atom. The molecule has 0 atom stereocenters. The molecule has 1 heterocycles. The zero-order valence-corrected chi connectivity index (χ0v) is 14.2. The molecule has 0 unspecified atom stereocenters. The standard InChI is InChI=1S/C19H16N4OS/c20-11-14-6-8-16(9-7-14)13-25-19-22-18(24)10-17(21)23(19)12-15-4-2-1-3-5-15/h1-10H,12-13,21H2. The molecule has 6 heteroatoms. The number of nitrogens with two attached hydrogens (primary N) is 1. The Morgan fingerprint density at radius 3 is 2.48 bits per heavy atom. The summed E-state index contributed by atoms with van der Waals surface area (Å²) in [4.78, 5) is 15.9. The maximum absolute atomic E-state index is 11.8. The van der Waals surface area contributed by atoms with Gasteiger partial charge in [0.15, 0.2) is 5.16 Å². The highest BCUT2D eigenvalue weighted by Crippen LogP contribution is 2.23. The minimum absolute atomic E-state index is 0.343. The Hall–Kier alpha value is -3.04. The number of thioether (sulfide) groups is 1. The molecule has 0 amide bonds. The van der Waals surface area contributed by atoms with E-state index in [-0.39, 0.29) is 5.56 Å². The van der Waals surface area contributed by atoms with Gasteiger partial charge in [-0.2, -0.15) is 10.2 Å². The molecule has 2 N–H and O–H groups in total. The van der Waals surface area contributed by atoms with Crippen LogP contribution in [0.3, 0.4) is 0 Å². The van der Waals surface area contributed by atoms with Gasteiger partial charge in [-0.25, -0.2) is 0 Å². The van der Waals surface area contributed by atoms with E-state index in [4.69, 9.17) is 11.0 Å². The number of nitrogen functional groups attached to an aromatic ring is 1. The predicted octanol–water partition coefficient (Wildman–Crippen LogP) is 3.04. The molecule has 124 valence electrons. The van der Waals surface area contributed by atoms with E-state index in [0.29, 0.717) is 28.8 Å². The maximum atomic E-state index is 11.8. The van der Waals surface area contributed by atoms with Crippen LogP contribution in [0.25, 0.3) is 0 Å². The smallest absolute Gasteiger partial charge is 0.275 e. The van der Waals surface area contributed by atoms with Crippen LogP contribution in [0.4, 0.5) is 5.82 Å². The lowest BCUT2D eigenvalue weighted by Crippen LogP contribution is -2.18. The van der Waals surface area contributed by atoms with Gasteiger partial charge < -0.3 is 10.3 Å². The van der Waals surface area contributed by atoms with Gasteiger partial charge in [-0.05, 0) is 23.3 Å². The van der Waals surface area contributed by atoms with Crippen molar-refractivity contribution in [2.45, 2.75) is 17.5 Å². The topological polar surface area (TPSA) is 84.7 Å². The van der Waals surface area contributed by atoms with Crippen molar-refractivity contribution in [3.05, 3.63) is 87.7 Å². The summed E-state index contributed by atoms with van der Waals surface area (Å²) in [6, 6.07) is 20.7. The minimum Gasteiger partial charge on any atom is -0.385 e. The monoisotopic (exact) mass is 348 g/mol. The van der Waals surface area contributed by atoms with Gasteiger partial charge in [-0.1, -0.05) is 54.2 Å². The maximum Gasteiger partial charge on any atom is 0.275 e. The SMILES string of the molecule is N#Cc1ccc(CSc2nc(=O)cc(N)n2Cc2ccccc2)cc1. The number of nitriles is 1. The van der Waals surface area contributed by atoms with Crippen LogP contribution in [0.1, 0.15) is 16.7 Å². The van der Waals surface area contributed by atoms with Crippen LogP contribution in [0, 0.1) is 11.3 Å². The summed E-state index contributed by atoms with van der Waals surface area (Å²) in [5, 5.41) is 9.44. The van der Waals surface area contributed by atoms with Crippen molar-refractivity contribution in [3.63, 3.8) is 0 Å². The molecular formula is C19H16N4OS. The Kier molecular flexibility index (Phi) is 5.17. The lowest BCUT2D eigenvalue weighted by Gasteiger charge is -2.14. The second-order valence-electron chi connectivity index (χ2n) is 5.47. The average molecular weight is 348 g/mol. The number of anilines is 1. The van der Waals surface area contributed by atoms with E-state index in [9.17, 15) is 4.79 Å². The molecule has 25 heavy (non-hydrogen) atoms. The largest absolute Gasteiger partial charge is 0.385 e. The fourth-order valence-electron chi connectivity index (χ4n) is 2.36. The molecule has 0 aliphatic rings. The van der Waals surface area contributed by atoms with Crippen molar-refractivity contribution < 1.29 is 0 Å². The summed E-state index contributed by atoms with van der Waals surface area (Å²) >= 11 is 1.45. The number of hydrogen-bond acceptors (Lipinski definition) is 5. The predicted molar refractivity (Wildman–Crippen MR) is 99.2 cm³/mol. The molecule has 0 spiro atoms. The summed E-state index contributed by atoms with van der Waals surface area (Å²) < 4.78 is 1.84. The summed E-state index contributed by atoms with van der Waals surface area (Å²) in [5.41, 5.74) is 8.46. The van der Waals surface area contributed by atoms with Crippen molar-refractivity contribution in [1.29, 1.82) is 5.26 Å². The third-order valence-electron chi connectivity index (χ3n) is 3.65. The van der Waals surface area contributed by atoms with E-state index in [2.05, 4.69) is 11.1 Å². The Morgan fingerprint density at radius 2 is 1.80 bits per heavy atom. The molecule has 0 saturated carbocycles. The molecule has 0 aliphatic carbocycles. The van der Waals surface area contributed by atoms with Crippen LogP contribution < -0.4 is 11.3 Å². The van der Waals surface area contributed by atoms with Crippen LogP contribution in [0.5, 0.6) is 0 Å². The van der Waals surface area contributed by atoms with Gasteiger partial charge in [-0.3, -0.25) is 4.79 Å². The summed E-state index contributed by atoms with van der Waals surface area (Å²) in [7, 11) is 0. The number of rotatable bonds is 5. The number of aromatic nitrogens is 2. The van der Waals surface area contributed by atoms with Gasteiger partial charge in [0.1, 0.15) is 5.82 Å². The molecule has 0 saturated heterocycles. The first kappa shape index (κ1) is 16.8. The highest BCUT2D eigenvalue weighted by Gasteiger charge is 2.09. The molecule has 0 bridgehead atoms. The fraction of sp³-hybridized carbons (Fsp3) is 0.105. The Labute approximate surface area is 149 Å². The van der Waals surface area contributed by atoms with Crippen LogP contribution in [-0.2, 0) is 12.3 Å². The highest BCUT2D eigenvalue weighted by atomic mass is 32.2. The van der Waals surface area contributed by atoms with Gasteiger partial charge in [0.05, 0.1) is 18.2 Å². The third kappa shape index (κ3) is 4.28. The normalized spacial score (nSPS) is 10.4. The molecule has 0 aliphatic heterocycles. The molecule has 2 aromatic carbocycles. The van der Waals surface area contributed by atoms with Crippen LogP contribution in [-0.4, -0.2) is 9.55 Å². The molecule has 1 aromatic heterocycles. The lowest BCUT2D eigenvalue weighted by atomic mass is 10.2. The van der Waals surface area contributed by atoms with Crippen molar-refractivity contribution in [3.8, 4) is 6.07 Å². The number of hydrogen-bond donors (Lipinski definition) is 1. The molecule has 3 aromatic rings. The first-order chi connectivity index (χ1) is 12.2. The van der Waals surface area contributed by atoms with E-state index in [1.807, 2.05) is 47.0 Å². The van der Waals surface area contributed by atoms with Crippen molar-refractivity contribution in [2.24, 2.45) is 0 Å². The van der Waals surface area contributed by atoms with E-state index in [1.54, 1.807) is 12.1 Å². The summed E-state index contributed by atoms with van der Waals surface area (Å²) in [6.07, 6.45) is 0. The second-order valence-corrected chi connectivity index (χ2v) is 6.41. The van der Waals surface area contributed by atoms with Crippen LogP contribution in [0.15, 0.2) is 70.6 Å². The quantitative estimate of drug-likeness (QED) is 0.566. The van der Waals surface area contributed by atoms with E-state index < -0.39 is 0 Å². The zero-order chi connectivity index (χ0) is 17.6. The Balaban J connectivity index is 1.84. The number of benzene rings is 2. The molecule has 3 rings (SSSR count). The molecule has 0 fully saturated rings. The first-order valence-electron chi connectivity index (χ1n) is 7.69. The summed E-state index contributed by atoms with van der Waals surface area (Å²) in [6.45, 7) is 0.551. The van der Waals surface area contributed by atoms with E-state index in [1.165, 1.54) is 17.8 Å². The molecule has 5 nitrogen and oxygen atoms in total. The Bertz CT molecular complexity index is 959. The van der Waals surface area contributed by atoms with Gasteiger partial charge in [-0.15, -0.1) is 0 Å². The van der Waals surface area contributed by atoms with Gasteiger partial charge in [0.2, 0.25) is 0 Å². The first-order valence-corrected chi connectivity index (χ1v) is 8.67. The van der Waals surface area contributed by atoms with Crippen molar-refractivity contribution >= 4 is 17.6 Å². The van der Waals surface area contributed by atoms with Gasteiger partial charge in [0.25, 0.3) is 5.56 Å². The summed E-state index contributed by atoms with van der Waals surface area (Å²) in [5.74, 6) is 1.03. The van der Waals surface area contributed by atoms with Crippen LogP contribution >= 0.6 is 11.8 Å². The lowest BCUT2D eigenvalue weighted by molar-refractivity contribution is 0.674. The van der Waals surface area contributed by atoms with Crippen LogP contribution in [0.2, 0.25) is 0 Å². The zero-order valence-electron chi connectivity index (χ0n) is 13.4. The van der Waals surface area contributed by atoms with Gasteiger partial charge in [0, 0.05) is 11.8 Å². The molecular weight excluding hydrogens is 332 g/mol. The number of nitrogens with zero attached hydrogens (tertiary/aromatic N) is 3. The van der Waals surface area contributed by atoms with Crippen molar-refractivity contribution in [2.75, 3.05) is 5.73 Å². The minimum atomic E-state index is -0.343. The average Bonchev–Trinajstić information content (AvgIpc) is 2.63. The van der Waals surface area contributed by atoms with E-state index in [0.717, 1.165) is 11.1 Å². The third-order valence-corrected chi connectivity index (χ3v) is 4.70.